The molecule has 1 amide bonds. The topological polar surface area (TPSA) is 41.1 Å². The highest BCUT2D eigenvalue weighted by molar-refractivity contribution is 7.16. The van der Waals surface area contributed by atoms with Crippen molar-refractivity contribution in [3.8, 4) is 0 Å². The Kier molecular flexibility index (Phi) is 3.08. The van der Waals surface area contributed by atoms with Crippen molar-refractivity contribution in [2.45, 2.75) is 39.3 Å². The summed E-state index contributed by atoms with van der Waals surface area (Å²) in [6.07, 6.45) is 3.27. The Balaban J connectivity index is 1.73. The van der Waals surface area contributed by atoms with Gasteiger partial charge in [-0.1, -0.05) is 6.92 Å². The van der Waals surface area contributed by atoms with E-state index in [4.69, 9.17) is 0 Å². The molecule has 1 aliphatic heterocycles. The third kappa shape index (κ3) is 2.10. The van der Waals surface area contributed by atoms with Crippen LogP contribution in [0.2, 0.25) is 0 Å². The van der Waals surface area contributed by atoms with Gasteiger partial charge in [0.1, 0.15) is 11.2 Å². The highest BCUT2D eigenvalue weighted by Gasteiger charge is 2.33. The minimum Gasteiger partial charge on any atom is -0.352 e. The van der Waals surface area contributed by atoms with E-state index in [1.54, 1.807) is 22.7 Å². The average Bonchev–Trinajstić information content (AvgIpc) is 3.01. The van der Waals surface area contributed by atoms with Crippen LogP contribution in [0.1, 0.15) is 50.7 Å². The molecule has 2 aliphatic rings. The van der Waals surface area contributed by atoms with Crippen LogP contribution >= 0.6 is 22.7 Å². The minimum atomic E-state index is -0.0810. The van der Waals surface area contributed by atoms with Gasteiger partial charge < -0.3 is 10.6 Å². The smallest absolute Gasteiger partial charge is 0.256 e. The van der Waals surface area contributed by atoms with Gasteiger partial charge in [-0.2, -0.15) is 0 Å². The fourth-order valence-corrected chi connectivity index (χ4v) is 5.64. The summed E-state index contributed by atoms with van der Waals surface area (Å²) >= 11 is 3.48. The van der Waals surface area contributed by atoms with Gasteiger partial charge in [-0.15, -0.1) is 22.7 Å². The van der Waals surface area contributed by atoms with Gasteiger partial charge in [-0.05, 0) is 54.7 Å². The first-order valence-electron chi connectivity index (χ1n) is 7.39. The zero-order chi connectivity index (χ0) is 14.6. The lowest BCUT2D eigenvalue weighted by molar-refractivity contribution is 0.0935. The van der Waals surface area contributed by atoms with E-state index in [1.165, 1.54) is 27.3 Å². The summed E-state index contributed by atoms with van der Waals surface area (Å²) in [6.45, 7) is 4.39. The second-order valence-corrected chi connectivity index (χ2v) is 8.13. The summed E-state index contributed by atoms with van der Waals surface area (Å²) in [5.41, 5.74) is 3.43. The van der Waals surface area contributed by atoms with Crippen LogP contribution in [0.25, 0.3) is 0 Å². The van der Waals surface area contributed by atoms with Crippen molar-refractivity contribution in [1.82, 2.24) is 5.32 Å². The van der Waals surface area contributed by atoms with E-state index in [0.717, 1.165) is 29.3 Å². The van der Waals surface area contributed by atoms with Crippen molar-refractivity contribution in [1.29, 1.82) is 0 Å². The van der Waals surface area contributed by atoms with E-state index < -0.39 is 0 Å². The van der Waals surface area contributed by atoms with Crippen LogP contribution in [0.15, 0.2) is 11.4 Å². The molecule has 0 fully saturated rings. The van der Waals surface area contributed by atoms with Gasteiger partial charge in [0.25, 0.3) is 5.91 Å². The molecule has 3 nitrogen and oxygen atoms in total. The molecule has 0 saturated carbocycles. The van der Waals surface area contributed by atoms with E-state index in [0.29, 0.717) is 0 Å². The van der Waals surface area contributed by atoms with Gasteiger partial charge in [-0.3, -0.25) is 4.79 Å². The normalized spacial score (nSPS) is 24.0. The van der Waals surface area contributed by atoms with Crippen molar-refractivity contribution in [2.24, 2.45) is 5.92 Å². The molecule has 0 aromatic carbocycles. The zero-order valence-corrected chi connectivity index (χ0v) is 13.8. The molecule has 110 valence electrons. The summed E-state index contributed by atoms with van der Waals surface area (Å²) in [7, 11) is 0. The number of hydrogen-bond donors (Lipinski definition) is 2. The quantitative estimate of drug-likeness (QED) is 0.831. The van der Waals surface area contributed by atoms with Crippen molar-refractivity contribution < 1.29 is 4.79 Å². The van der Waals surface area contributed by atoms with E-state index in [9.17, 15) is 4.79 Å². The third-order valence-electron chi connectivity index (χ3n) is 4.45. The molecular weight excluding hydrogens is 300 g/mol. The first-order chi connectivity index (χ1) is 10.1. The lowest BCUT2D eigenvalue weighted by Gasteiger charge is -2.26. The average molecular weight is 318 g/mol. The van der Waals surface area contributed by atoms with Crippen LogP contribution in [-0.2, 0) is 12.8 Å². The van der Waals surface area contributed by atoms with Gasteiger partial charge in [0, 0.05) is 9.75 Å². The molecular formula is C16H18N2OS2. The van der Waals surface area contributed by atoms with Crippen molar-refractivity contribution >= 4 is 33.6 Å². The Morgan fingerprint density at radius 2 is 2.19 bits per heavy atom. The molecule has 0 unspecified atom stereocenters. The number of carbonyl (C=O) groups excluding carboxylic acids is 1. The van der Waals surface area contributed by atoms with Crippen molar-refractivity contribution in [2.75, 3.05) is 5.32 Å². The maximum absolute atomic E-state index is 12.6. The van der Waals surface area contributed by atoms with Gasteiger partial charge in [0.05, 0.1) is 5.56 Å². The van der Waals surface area contributed by atoms with Crippen LogP contribution in [0.4, 0.5) is 5.00 Å². The minimum absolute atomic E-state index is 0.0810. The largest absolute Gasteiger partial charge is 0.352 e. The fraction of sp³-hybridized carbons (Fsp3) is 0.438. The van der Waals surface area contributed by atoms with E-state index in [2.05, 4.69) is 35.9 Å². The van der Waals surface area contributed by atoms with Gasteiger partial charge in [0.2, 0.25) is 0 Å². The lowest BCUT2D eigenvalue weighted by Crippen LogP contribution is -2.38. The number of rotatable bonds is 1. The molecule has 0 bridgehead atoms. The highest BCUT2D eigenvalue weighted by atomic mass is 32.1. The lowest BCUT2D eigenvalue weighted by atomic mass is 9.88. The number of carbonyl (C=O) groups is 1. The molecule has 0 saturated heterocycles. The number of hydrogen-bond acceptors (Lipinski definition) is 4. The number of anilines is 1. The Morgan fingerprint density at radius 1 is 1.33 bits per heavy atom. The Hall–Kier alpha value is -1.33. The van der Waals surface area contributed by atoms with Crippen LogP contribution in [0.3, 0.4) is 0 Å². The molecule has 4 rings (SSSR count). The Bertz CT molecular complexity index is 716. The fourth-order valence-electron chi connectivity index (χ4n) is 3.27. The SMILES string of the molecule is Cc1ccsc1[C@H]1NC(=O)c2c(sc3c2CC[C@H](C)C3)N1. The summed E-state index contributed by atoms with van der Waals surface area (Å²) in [5, 5.41) is 9.81. The molecule has 0 radical (unpaired) electrons. The first kappa shape index (κ1) is 13.3. The molecule has 21 heavy (non-hydrogen) atoms. The van der Waals surface area contributed by atoms with Crippen LogP contribution < -0.4 is 10.6 Å². The van der Waals surface area contributed by atoms with Gasteiger partial charge >= 0.3 is 0 Å². The zero-order valence-electron chi connectivity index (χ0n) is 12.2. The maximum atomic E-state index is 12.6. The van der Waals surface area contributed by atoms with Crippen LogP contribution in [0, 0.1) is 12.8 Å². The molecule has 0 spiro atoms. The number of nitrogens with one attached hydrogen (secondary N) is 2. The monoisotopic (exact) mass is 318 g/mol. The van der Waals surface area contributed by atoms with Gasteiger partial charge in [0.15, 0.2) is 0 Å². The molecule has 2 atom stereocenters. The third-order valence-corrected chi connectivity index (χ3v) is 6.72. The van der Waals surface area contributed by atoms with Crippen molar-refractivity contribution in [3.63, 3.8) is 0 Å². The number of fused-ring (bicyclic) bond motifs is 3. The second-order valence-electron chi connectivity index (χ2n) is 6.07. The molecule has 2 aromatic heterocycles. The molecule has 2 aromatic rings. The van der Waals surface area contributed by atoms with E-state index in [1.807, 2.05) is 0 Å². The number of aryl methyl sites for hydroxylation is 1. The number of amides is 1. The summed E-state index contributed by atoms with van der Waals surface area (Å²) in [6, 6.07) is 2.10. The summed E-state index contributed by atoms with van der Waals surface area (Å²) in [5.74, 6) is 0.824. The maximum Gasteiger partial charge on any atom is 0.256 e. The van der Waals surface area contributed by atoms with Gasteiger partial charge in [-0.25, -0.2) is 0 Å². The van der Waals surface area contributed by atoms with E-state index >= 15 is 0 Å². The first-order valence-corrected chi connectivity index (χ1v) is 9.09. The molecule has 5 heteroatoms. The molecule has 1 aliphatic carbocycles. The Morgan fingerprint density at radius 3 is 2.95 bits per heavy atom. The predicted octanol–water partition coefficient (Wildman–Crippen LogP) is 4.10. The van der Waals surface area contributed by atoms with E-state index in [-0.39, 0.29) is 12.1 Å². The molecule has 3 heterocycles. The van der Waals surface area contributed by atoms with Crippen LogP contribution in [0.5, 0.6) is 0 Å². The van der Waals surface area contributed by atoms with Crippen molar-refractivity contribution in [3.05, 3.63) is 37.9 Å². The summed E-state index contributed by atoms with van der Waals surface area (Å²) < 4.78 is 0. The van der Waals surface area contributed by atoms with Crippen LogP contribution in [-0.4, -0.2) is 5.91 Å². The standard InChI is InChI=1S/C16H18N2OS2/c1-8-3-4-10-11(7-8)21-16-12(10)15(19)17-14(18-16)13-9(2)5-6-20-13/h5-6,8,14,18H,3-4,7H2,1-2H3,(H,17,19)/t8-,14-/m0/s1. The highest BCUT2D eigenvalue weighted by Crippen LogP contribution is 2.43. The number of thiophene rings is 2. The molecule has 2 N–H and O–H groups in total. The predicted molar refractivity (Wildman–Crippen MR) is 88.4 cm³/mol. The second kappa shape index (κ2) is 4.85. The Labute approximate surface area is 132 Å². The summed E-state index contributed by atoms with van der Waals surface area (Å²) in [4.78, 5) is 15.2.